The summed E-state index contributed by atoms with van der Waals surface area (Å²) in [6.45, 7) is 3.98. The first-order valence-corrected chi connectivity index (χ1v) is 8.83. The average Bonchev–Trinajstić information content (AvgIpc) is 2.63. The third kappa shape index (κ3) is 5.38. The number of methoxy groups -OCH3 is 1. The first-order valence-electron chi connectivity index (χ1n) is 8.07. The van der Waals surface area contributed by atoms with E-state index in [-0.39, 0.29) is 12.0 Å². The van der Waals surface area contributed by atoms with Crippen LogP contribution in [0.5, 0.6) is 11.5 Å². The molecule has 2 aromatic carbocycles. The van der Waals surface area contributed by atoms with E-state index in [0.29, 0.717) is 32.7 Å². The number of amides is 1. The minimum absolute atomic E-state index is 0.0135. The van der Waals surface area contributed by atoms with Gasteiger partial charge in [0.05, 0.1) is 24.5 Å². The van der Waals surface area contributed by atoms with Crippen LogP contribution in [0.25, 0.3) is 0 Å². The largest absolute Gasteiger partial charge is 0.493 e. The van der Waals surface area contributed by atoms with E-state index >= 15 is 0 Å². The van der Waals surface area contributed by atoms with Crippen LogP contribution in [0, 0.1) is 0 Å². The molecule has 0 radical (unpaired) electrons. The van der Waals surface area contributed by atoms with Gasteiger partial charge in [-0.1, -0.05) is 30.1 Å². The molecule has 1 N–H and O–H groups in total. The lowest BCUT2D eigenvalue weighted by Gasteiger charge is -2.17. The Morgan fingerprint density at radius 2 is 1.96 bits per heavy atom. The van der Waals surface area contributed by atoms with E-state index in [1.165, 1.54) is 6.21 Å². The highest BCUT2D eigenvalue weighted by atomic mass is 35.5. The predicted molar refractivity (Wildman–Crippen MR) is 105 cm³/mol. The molecule has 0 unspecified atom stereocenters. The molecule has 26 heavy (non-hydrogen) atoms. The van der Waals surface area contributed by atoms with Crippen LogP contribution in [0.4, 0.5) is 0 Å². The molecule has 0 fully saturated rings. The molecule has 0 spiro atoms. The van der Waals surface area contributed by atoms with Crippen LogP contribution in [-0.2, 0) is 0 Å². The Balaban J connectivity index is 2.11. The highest BCUT2D eigenvalue weighted by Gasteiger charge is 2.14. The number of ether oxygens (including phenoxy) is 2. The zero-order valence-electron chi connectivity index (χ0n) is 14.8. The van der Waals surface area contributed by atoms with Gasteiger partial charge in [-0.2, -0.15) is 5.10 Å². The standard InChI is InChI=1S/C19H20Cl2N2O3/c1-4-12(2)26-18-16(21)9-13(10-17(18)25-3)11-22-23-19(24)14-5-7-15(20)8-6-14/h5-12H,4H2,1-3H3,(H,23,24)/b22-11-/t12-/m1/s1. The van der Waals surface area contributed by atoms with Gasteiger partial charge in [0.25, 0.3) is 5.91 Å². The normalized spacial score (nSPS) is 12.0. The van der Waals surface area contributed by atoms with Crippen LogP contribution in [0.2, 0.25) is 10.0 Å². The molecule has 2 aromatic rings. The van der Waals surface area contributed by atoms with Crippen molar-refractivity contribution in [3.05, 3.63) is 57.6 Å². The first-order chi connectivity index (χ1) is 12.4. The van der Waals surface area contributed by atoms with Gasteiger partial charge in [-0.3, -0.25) is 4.79 Å². The van der Waals surface area contributed by atoms with Crippen molar-refractivity contribution in [2.24, 2.45) is 5.10 Å². The second-order valence-corrected chi connectivity index (χ2v) is 6.42. The van der Waals surface area contributed by atoms with Crippen molar-refractivity contribution >= 4 is 35.3 Å². The summed E-state index contributed by atoms with van der Waals surface area (Å²) in [5.41, 5.74) is 3.58. The Labute approximate surface area is 162 Å². The van der Waals surface area contributed by atoms with Gasteiger partial charge < -0.3 is 9.47 Å². The molecular weight excluding hydrogens is 375 g/mol. The van der Waals surface area contributed by atoms with Crippen LogP contribution in [0.1, 0.15) is 36.2 Å². The fourth-order valence-electron chi connectivity index (χ4n) is 2.04. The van der Waals surface area contributed by atoms with Crippen molar-refractivity contribution in [1.29, 1.82) is 0 Å². The lowest BCUT2D eigenvalue weighted by Crippen LogP contribution is -2.17. The van der Waals surface area contributed by atoms with Crippen molar-refractivity contribution in [2.75, 3.05) is 7.11 Å². The van der Waals surface area contributed by atoms with Crippen molar-refractivity contribution in [1.82, 2.24) is 5.43 Å². The quantitative estimate of drug-likeness (QED) is 0.534. The summed E-state index contributed by atoms with van der Waals surface area (Å²) in [5.74, 6) is 0.654. The van der Waals surface area contributed by atoms with E-state index in [4.69, 9.17) is 32.7 Å². The zero-order chi connectivity index (χ0) is 19.1. The Morgan fingerprint density at radius 1 is 1.27 bits per heavy atom. The van der Waals surface area contributed by atoms with Crippen LogP contribution < -0.4 is 14.9 Å². The monoisotopic (exact) mass is 394 g/mol. The van der Waals surface area contributed by atoms with E-state index in [1.54, 1.807) is 43.5 Å². The van der Waals surface area contributed by atoms with E-state index in [2.05, 4.69) is 10.5 Å². The fourth-order valence-corrected chi connectivity index (χ4v) is 2.43. The summed E-state index contributed by atoms with van der Waals surface area (Å²) in [6.07, 6.45) is 2.34. The summed E-state index contributed by atoms with van der Waals surface area (Å²) in [4.78, 5) is 12.0. The molecule has 0 aromatic heterocycles. The third-order valence-corrected chi connectivity index (χ3v) is 4.16. The molecule has 2 rings (SSSR count). The van der Waals surface area contributed by atoms with Crippen molar-refractivity contribution in [2.45, 2.75) is 26.4 Å². The molecule has 5 nitrogen and oxygen atoms in total. The van der Waals surface area contributed by atoms with E-state index in [1.807, 2.05) is 13.8 Å². The number of nitrogens with one attached hydrogen (secondary N) is 1. The molecular formula is C19H20Cl2N2O3. The maximum Gasteiger partial charge on any atom is 0.271 e. The van der Waals surface area contributed by atoms with Crippen LogP contribution in [0.15, 0.2) is 41.5 Å². The van der Waals surface area contributed by atoms with Gasteiger partial charge in [0.1, 0.15) is 0 Å². The third-order valence-electron chi connectivity index (χ3n) is 3.63. The number of hydrogen-bond acceptors (Lipinski definition) is 4. The van der Waals surface area contributed by atoms with Gasteiger partial charge in [0.2, 0.25) is 0 Å². The van der Waals surface area contributed by atoms with Crippen LogP contribution >= 0.6 is 23.2 Å². The van der Waals surface area contributed by atoms with Crippen LogP contribution in [-0.4, -0.2) is 25.3 Å². The predicted octanol–water partition coefficient (Wildman–Crippen LogP) is 4.94. The molecule has 0 bridgehead atoms. The molecule has 0 saturated heterocycles. The molecule has 0 aliphatic heterocycles. The number of hydrogen-bond donors (Lipinski definition) is 1. The fraction of sp³-hybridized carbons (Fsp3) is 0.263. The minimum atomic E-state index is -0.340. The molecule has 1 amide bonds. The highest BCUT2D eigenvalue weighted by Crippen LogP contribution is 2.37. The molecule has 0 aliphatic rings. The maximum atomic E-state index is 12.0. The zero-order valence-corrected chi connectivity index (χ0v) is 16.3. The maximum absolute atomic E-state index is 12.0. The average molecular weight is 395 g/mol. The van der Waals surface area contributed by atoms with Gasteiger partial charge in [-0.15, -0.1) is 0 Å². The topological polar surface area (TPSA) is 59.9 Å². The molecule has 0 heterocycles. The summed E-state index contributed by atoms with van der Waals surface area (Å²) in [6, 6.07) is 9.95. The lowest BCUT2D eigenvalue weighted by molar-refractivity contribution is 0.0955. The van der Waals surface area contributed by atoms with Crippen molar-refractivity contribution < 1.29 is 14.3 Å². The molecule has 1 atom stereocenters. The van der Waals surface area contributed by atoms with Crippen molar-refractivity contribution in [3.8, 4) is 11.5 Å². The highest BCUT2D eigenvalue weighted by molar-refractivity contribution is 6.32. The smallest absolute Gasteiger partial charge is 0.271 e. The SMILES string of the molecule is CC[C@@H](C)Oc1c(Cl)cc(/C=N\NC(=O)c2ccc(Cl)cc2)cc1OC. The number of carbonyl (C=O) groups excluding carboxylic acids is 1. The number of hydrazone groups is 1. The Morgan fingerprint density at radius 3 is 2.58 bits per heavy atom. The Kier molecular flexibility index (Phi) is 7.30. The van der Waals surface area contributed by atoms with Gasteiger partial charge in [0, 0.05) is 10.6 Å². The van der Waals surface area contributed by atoms with Crippen LogP contribution in [0.3, 0.4) is 0 Å². The number of carbonyl (C=O) groups is 1. The van der Waals surface area contributed by atoms with Gasteiger partial charge in [0.15, 0.2) is 11.5 Å². The molecule has 0 aliphatic carbocycles. The first kappa shape index (κ1) is 20.1. The van der Waals surface area contributed by atoms with Gasteiger partial charge in [-0.25, -0.2) is 5.43 Å². The second-order valence-electron chi connectivity index (χ2n) is 5.58. The Hall–Kier alpha value is -2.24. The Bertz CT molecular complexity index is 792. The minimum Gasteiger partial charge on any atom is -0.493 e. The second kappa shape index (κ2) is 9.46. The number of benzene rings is 2. The lowest BCUT2D eigenvalue weighted by atomic mass is 10.2. The number of nitrogens with zero attached hydrogens (tertiary/aromatic N) is 1. The number of halogens is 2. The van der Waals surface area contributed by atoms with E-state index in [0.717, 1.165) is 6.42 Å². The molecule has 7 heteroatoms. The van der Waals surface area contributed by atoms with Gasteiger partial charge in [-0.05, 0) is 55.3 Å². The number of rotatable bonds is 7. The van der Waals surface area contributed by atoms with E-state index < -0.39 is 0 Å². The molecule has 0 saturated carbocycles. The van der Waals surface area contributed by atoms with E-state index in [9.17, 15) is 4.79 Å². The van der Waals surface area contributed by atoms with Crippen molar-refractivity contribution in [3.63, 3.8) is 0 Å². The summed E-state index contributed by atoms with van der Waals surface area (Å²) in [5, 5.41) is 4.92. The summed E-state index contributed by atoms with van der Waals surface area (Å²) in [7, 11) is 1.54. The van der Waals surface area contributed by atoms with Gasteiger partial charge >= 0.3 is 0 Å². The summed E-state index contributed by atoms with van der Waals surface area (Å²) >= 11 is 12.1. The molecule has 138 valence electrons. The summed E-state index contributed by atoms with van der Waals surface area (Å²) < 4.78 is 11.1.